The summed E-state index contributed by atoms with van der Waals surface area (Å²) < 4.78 is 4.72. The SMILES string of the molecule is COC(=O)Cc1ccc(N2C(=O)C(=O)/C(=C(/O)c3cc(C)ccc3C)C2c2cccc(C)c2)cc1. The number of benzene rings is 3. The van der Waals surface area contributed by atoms with E-state index in [2.05, 4.69) is 0 Å². The fourth-order valence-electron chi connectivity index (χ4n) is 4.40. The molecule has 0 saturated carbocycles. The average Bonchev–Trinajstić information content (AvgIpc) is 3.11. The van der Waals surface area contributed by atoms with Gasteiger partial charge in [0.25, 0.3) is 11.7 Å². The van der Waals surface area contributed by atoms with E-state index in [0.29, 0.717) is 11.3 Å². The van der Waals surface area contributed by atoms with Crippen LogP contribution in [0.3, 0.4) is 0 Å². The van der Waals surface area contributed by atoms with E-state index in [9.17, 15) is 19.5 Å². The van der Waals surface area contributed by atoms with Crippen LogP contribution >= 0.6 is 0 Å². The van der Waals surface area contributed by atoms with E-state index in [1.54, 1.807) is 24.3 Å². The number of aliphatic hydroxyl groups excluding tert-OH is 1. The highest BCUT2D eigenvalue weighted by atomic mass is 16.5. The zero-order chi connectivity index (χ0) is 25.3. The standard InChI is InChI=1S/C29H27NO5/c1-17-6-5-7-21(14-17)26-25(27(32)23-15-18(2)8-9-19(23)3)28(33)29(34)30(26)22-12-10-20(11-13-22)16-24(31)35-4/h5-15,26,32H,16H2,1-4H3/b27-25+. The van der Waals surface area contributed by atoms with Gasteiger partial charge in [0.2, 0.25) is 0 Å². The molecule has 1 aliphatic heterocycles. The van der Waals surface area contributed by atoms with Gasteiger partial charge in [0.15, 0.2) is 0 Å². The summed E-state index contributed by atoms with van der Waals surface area (Å²) in [5.41, 5.74) is 5.20. The van der Waals surface area contributed by atoms with E-state index < -0.39 is 17.7 Å². The number of rotatable bonds is 5. The van der Waals surface area contributed by atoms with Crippen LogP contribution in [0.15, 0.2) is 72.3 Å². The normalized spacial score (nSPS) is 17.0. The van der Waals surface area contributed by atoms with Gasteiger partial charge in [-0.05, 0) is 55.7 Å². The van der Waals surface area contributed by atoms with Gasteiger partial charge in [-0.1, -0.05) is 59.7 Å². The molecule has 0 radical (unpaired) electrons. The molecule has 0 bridgehead atoms. The van der Waals surface area contributed by atoms with Gasteiger partial charge in [-0.3, -0.25) is 19.3 Å². The zero-order valence-corrected chi connectivity index (χ0v) is 20.2. The molecule has 4 rings (SSSR count). The van der Waals surface area contributed by atoms with Crippen molar-refractivity contribution in [1.82, 2.24) is 0 Å². The Hall–Kier alpha value is -4.19. The number of aliphatic hydroxyl groups is 1. The highest BCUT2D eigenvalue weighted by Gasteiger charge is 2.47. The Morgan fingerprint density at radius 1 is 0.943 bits per heavy atom. The first kappa shape index (κ1) is 24.0. The first-order valence-electron chi connectivity index (χ1n) is 11.3. The molecule has 0 spiro atoms. The molecule has 6 heteroatoms. The van der Waals surface area contributed by atoms with Crippen LogP contribution in [0.4, 0.5) is 5.69 Å². The smallest absolute Gasteiger partial charge is 0.309 e. The highest BCUT2D eigenvalue weighted by Crippen LogP contribution is 2.42. The Morgan fingerprint density at radius 3 is 2.29 bits per heavy atom. The van der Waals surface area contributed by atoms with Crippen molar-refractivity contribution in [2.75, 3.05) is 12.0 Å². The van der Waals surface area contributed by atoms with Crippen LogP contribution < -0.4 is 4.90 Å². The molecule has 1 N–H and O–H groups in total. The maximum Gasteiger partial charge on any atom is 0.309 e. The van der Waals surface area contributed by atoms with E-state index in [4.69, 9.17) is 4.74 Å². The number of hydrogen-bond acceptors (Lipinski definition) is 5. The number of esters is 1. The second-order valence-electron chi connectivity index (χ2n) is 8.82. The topological polar surface area (TPSA) is 83.9 Å². The van der Waals surface area contributed by atoms with Gasteiger partial charge in [0.05, 0.1) is 25.1 Å². The third-order valence-electron chi connectivity index (χ3n) is 6.24. The van der Waals surface area contributed by atoms with Crippen molar-refractivity contribution < 1.29 is 24.2 Å². The number of aryl methyl sites for hydroxylation is 3. The van der Waals surface area contributed by atoms with Crippen LogP contribution in [-0.4, -0.2) is 29.9 Å². The van der Waals surface area contributed by atoms with Gasteiger partial charge in [-0.15, -0.1) is 0 Å². The number of anilines is 1. The number of amides is 1. The van der Waals surface area contributed by atoms with Crippen LogP contribution in [0.2, 0.25) is 0 Å². The molecule has 1 heterocycles. The first-order chi connectivity index (χ1) is 16.7. The van der Waals surface area contributed by atoms with Gasteiger partial charge in [0.1, 0.15) is 5.76 Å². The zero-order valence-electron chi connectivity index (χ0n) is 20.2. The number of ether oxygens (including phenoxy) is 1. The highest BCUT2D eigenvalue weighted by molar-refractivity contribution is 6.51. The van der Waals surface area contributed by atoms with Crippen LogP contribution in [0.25, 0.3) is 5.76 Å². The summed E-state index contributed by atoms with van der Waals surface area (Å²) in [5.74, 6) is -2.02. The van der Waals surface area contributed by atoms with Crippen molar-refractivity contribution in [1.29, 1.82) is 0 Å². The van der Waals surface area contributed by atoms with Crippen LogP contribution in [-0.2, 0) is 25.5 Å². The molecule has 1 aliphatic rings. The lowest BCUT2D eigenvalue weighted by atomic mass is 9.92. The molecule has 1 amide bonds. The minimum Gasteiger partial charge on any atom is -0.507 e. The number of hydrogen-bond donors (Lipinski definition) is 1. The summed E-state index contributed by atoms with van der Waals surface area (Å²) >= 11 is 0. The Labute approximate surface area is 204 Å². The molecule has 1 atom stereocenters. The lowest BCUT2D eigenvalue weighted by Crippen LogP contribution is -2.29. The third-order valence-corrected chi connectivity index (χ3v) is 6.24. The second-order valence-corrected chi connectivity index (χ2v) is 8.82. The van der Waals surface area contributed by atoms with Crippen molar-refractivity contribution in [3.63, 3.8) is 0 Å². The van der Waals surface area contributed by atoms with Crippen molar-refractivity contribution >= 4 is 29.1 Å². The molecular weight excluding hydrogens is 442 g/mol. The van der Waals surface area contributed by atoms with Crippen molar-refractivity contribution in [2.24, 2.45) is 0 Å². The molecular formula is C29H27NO5. The minimum atomic E-state index is -0.804. The molecule has 3 aromatic rings. The Kier molecular flexibility index (Phi) is 6.56. The fraction of sp³-hybridized carbons (Fsp3) is 0.207. The van der Waals surface area contributed by atoms with E-state index in [1.165, 1.54) is 12.0 Å². The maximum atomic E-state index is 13.3. The van der Waals surface area contributed by atoms with Crippen LogP contribution in [0, 0.1) is 20.8 Å². The average molecular weight is 470 g/mol. The van der Waals surface area contributed by atoms with Crippen LogP contribution in [0.5, 0.6) is 0 Å². The van der Waals surface area contributed by atoms with E-state index in [-0.39, 0.29) is 23.7 Å². The Morgan fingerprint density at radius 2 is 1.63 bits per heavy atom. The molecule has 6 nitrogen and oxygen atoms in total. The van der Waals surface area contributed by atoms with Crippen molar-refractivity contribution in [3.05, 3.63) is 106 Å². The molecule has 0 aromatic heterocycles. The first-order valence-corrected chi connectivity index (χ1v) is 11.3. The molecule has 3 aromatic carbocycles. The van der Waals surface area contributed by atoms with Crippen molar-refractivity contribution in [3.8, 4) is 0 Å². The van der Waals surface area contributed by atoms with Gasteiger partial charge >= 0.3 is 5.97 Å². The minimum absolute atomic E-state index is 0.0490. The number of methoxy groups -OCH3 is 1. The molecule has 178 valence electrons. The lowest BCUT2D eigenvalue weighted by molar-refractivity contribution is -0.139. The summed E-state index contributed by atoms with van der Waals surface area (Å²) in [4.78, 5) is 39.7. The number of carbonyl (C=O) groups excluding carboxylic acids is 3. The Bertz CT molecular complexity index is 1350. The van der Waals surface area contributed by atoms with Gasteiger partial charge in [-0.25, -0.2) is 0 Å². The van der Waals surface area contributed by atoms with Crippen molar-refractivity contribution in [2.45, 2.75) is 33.2 Å². The molecule has 1 saturated heterocycles. The van der Waals surface area contributed by atoms with E-state index in [1.807, 2.05) is 63.2 Å². The predicted molar refractivity (Wildman–Crippen MR) is 134 cm³/mol. The summed E-state index contributed by atoms with van der Waals surface area (Å²) in [6.07, 6.45) is 0.101. The van der Waals surface area contributed by atoms with Gasteiger partial charge < -0.3 is 9.84 Å². The summed E-state index contributed by atoms with van der Waals surface area (Å²) in [7, 11) is 1.33. The number of carbonyl (C=O) groups is 3. The summed E-state index contributed by atoms with van der Waals surface area (Å²) in [5, 5.41) is 11.4. The van der Waals surface area contributed by atoms with E-state index in [0.717, 1.165) is 27.8 Å². The number of nitrogens with zero attached hydrogens (tertiary/aromatic N) is 1. The monoisotopic (exact) mass is 469 g/mol. The number of Topliss-reactive ketones (excluding diaryl/α,β-unsaturated/α-hetero) is 1. The van der Waals surface area contributed by atoms with Crippen LogP contribution in [0.1, 0.15) is 39.4 Å². The predicted octanol–water partition coefficient (Wildman–Crippen LogP) is 4.95. The quantitative estimate of drug-likeness (QED) is 0.247. The molecule has 1 unspecified atom stereocenters. The van der Waals surface area contributed by atoms with E-state index >= 15 is 0 Å². The fourth-order valence-corrected chi connectivity index (χ4v) is 4.40. The molecule has 35 heavy (non-hydrogen) atoms. The second kappa shape index (κ2) is 9.58. The Balaban J connectivity index is 1.88. The third kappa shape index (κ3) is 4.60. The maximum absolute atomic E-state index is 13.3. The van der Waals surface area contributed by atoms with Gasteiger partial charge in [0, 0.05) is 11.3 Å². The number of ketones is 1. The summed E-state index contributed by atoms with van der Waals surface area (Å²) in [6.45, 7) is 5.69. The molecule has 0 aliphatic carbocycles. The largest absolute Gasteiger partial charge is 0.507 e. The van der Waals surface area contributed by atoms with Gasteiger partial charge in [-0.2, -0.15) is 0 Å². The summed E-state index contributed by atoms with van der Waals surface area (Å²) in [6, 6.07) is 19.2. The lowest BCUT2D eigenvalue weighted by Gasteiger charge is -2.26. The molecule has 1 fully saturated rings.